The van der Waals surface area contributed by atoms with Gasteiger partial charge in [0, 0.05) is 0 Å². The number of benzene rings is 1. The van der Waals surface area contributed by atoms with E-state index in [4.69, 9.17) is 0 Å². The van der Waals surface area contributed by atoms with Crippen molar-refractivity contribution in [3.63, 3.8) is 0 Å². The molecular weight excluding hydrogens is 185 g/mol. The molecule has 0 aliphatic rings. The Bertz CT molecular complexity index is 422. The summed E-state index contributed by atoms with van der Waals surface area (Å²) in [6, 6.07) is 8.51. The summed E-state index contributed by atoms with van der Waals surface area (Å²) in [5.41, 5.74) is 1.87. The minimum absolute atomic E-state index is 0.205. The number of hydrogen-bond acceptors (Lipinski definition) is 2. The fourth-order valence-corrected chi connectivity index (χ4v) is 1.89. The first-order valence-electron chi connectivity index (χ1n) is 3.95. The molecule has 0 aliphatic heterocycles. The summed E-state index contributed by atoms with van der Waals surface area (Å²) in [4.78, 5) is 1.01. The van der Waals surface area contributed by atoms with Gasteiger partial charge < -0.3 is 0 Å². The van der Waals surface area contributed by atoms with E-state index < -0.39 is 0 Å². The van der Waals surface area contributed by atoms with Gasteiger partial charge in [-0.05, 0) is 42.2 Å². The van der Waals surface area contributed by atoms with Gasteiger partial charge in [0.2, 0.25) is 0 Å². The average molecular weight is 193 g/mol. The van der Waals surface area contributed by atoms with Crippen LogP contribution in [0.25, 0.3) is 10.4 Å². The highest BCUT2D eigenvalue weighted by Gasteiger charge is 2.01. The molecule has 2 aromatic rings. The molecule has 0 fully saturated rings. The van der Waals surface area contributed by atoms with Gasteiger partial charge in [0.1, 0.15) is 5.82 Å². The lowest BCUT2D eigenvalue weighted by molar-refractivity contribution is 0.628. The van der Waals surface area contributed by atoms with Crippen molar-refractivity contribution in [2.45, 2.75) is 6.92 Å². The highest BCUT2D eigenvalue weighted by atomic mass is 32.1. The molecule has 1 nitrogen and oxygen atoms in total. The average Bonchev–Trinajstić information content (AvgIpc) is 2.52. The molecule has 0 N–H and O–H groups in total. The standard InChI is InChI=1S/C10H8FNS/c1-7-5-10(13-12-7)8-3-2-4-9(11)6-8/h2-6H,1H3. The molecule has 0 saturated heterocycles. The van der Waals surface area contributed by atoms with Crippen molar-refractivity contribution in [2.75, 3.05) is 0 Å². The van der Waals surface area contributed by atoms with E-state index in [1.807, 2.05) is 19.1 Å². The van der Waals surface area contributed by atoms with E-state index in [2.05, 4.69) is 4.37 Å². The van der Waals surface area contributed by atoms with Gasteiger partial charge >= 0.3 is 0 Å². The van der Waals surface area contributed by atoms with Gasteiger partial charge in [-0.1, -0.05) is 12.1 Å². The van der Waals surface area contributed by atoms with Crippen LogP contribution in [0.5, 0.6) is 0 Å². The molecule has 0 bridgehead atoms. The number of hydrogen-bond donors (Lipinski definition) is 0. The van der Waals surface area contributed by atoms with E-state index in [9.17, 15) is 4.39 Å². The SMILES string of the molecule is Cc1cc(-c2cccc(F)c2)sn1. The van der Waals surface area contributed by atoms with Crippen molar-refractivity contribution in [1.82, 2.24) is 4.37 Å². The van der Waals surface area contributed by atoms with Gasteiger partial charge in [-0.25, -0.2) is 4.39 Å². The van der Waals surface area contributed by atoms with Crippen molar-refractivity contribution in [3.8, 4) is 10.4 Å². The number of nitrogens with zero attached hydrogens (tertiary/aromatic N) is 1. The molecule has 0 aliphatic carbocycles. The zero-order valence-electron chi connectivity index (χ0n) is 7.12. The zero-order valence-corrected chi connectivity index (χ0v) is 7.94. The molecule has 0 amide bonds. The third-order valence-electron chi connectivity index (χ3n) is 1.74. The summed E-state index contributed by atoms with van der Waals surface area (Å²) in [7, 11) is 0. The maximum atomic E-state index is 12.8. The van der Waals surface area contributed by atoms with E-state index >= 15 is 0 Å². The molecule has 0 spiro atoms. The molecule has 0 saturated carbocycles. The van der Waals surface area contributed by atoms with E-state index in [1.165, 1.54) is 23.7 Å². The highest BCUT2D eigenvalue weighted by molar-refractivity contribution is 7.09. The van der Waals surface area contributed by atoms with Gasteiger partial charge in [0.25, 0.3) is 0 Å². The van der Waals surface area contributed by atoms with Crippen LogP contribution in [0.1, 0.15) is 5.69 Å². The van der Waals surface area contributed by atoms with Gasteiger partial charge in [0.15, 0.2) is 0 Å². The quantitative estimate of drug-likeness (QED) is 0.677. The molecule has 3 heteroatoms. The molecule has 13 heavy (non-hydrogen) atoms. The molecule has 66 valence electrons. The van der Waals surface area contributed by atoms with Crippen molar-refractivity contribution < 1.29 is 4.39 Å². The van der Waals surface area contributed by atoms with Gasteiger partial charge in [-0.3, -0.25) is 0 Å². The Labute approximate surface area is 80.0 Å². The summed E-state index contributed by atoms with van der Waals surface area (Å²) in [6.45, 7) is 1.93. The van der Waals surface area contributed by atoms with Crippen LogP contribution >= 0.6 is 11.5 Å². The molecule has 1 heterocycles. The van der Waals surface area contributed by atoms with Crippen molar-refractivity contribution in [2.24, 2.45) is 0 Å². The molecule has 1 aromatic heterocycles. The Morgan fingerprint density at radius 2 is 2.15 bits per heavy atom. The van der Waals surface area contributed by atoms with Crippen LogP contribution in [0.15, 0.2) is 30.3 Å². The number of aromatic nitrogens is 1. The Hall–Kier alpha value is -1.22. The van der Waals surface area contributed by atoms with Crippen molar-refractivity contribution in [3.05, 3.63) is 41.8 Å². The predicted molar refractivity (Wildman–Crippen MR) is 52.2 cm³/mol. The van der Waals surface area contributed by atoms with Gasteiger partial charge in [-0.2, -0.15) is 4.37 Å². The Morgan fingerprint density at radius 1 is 1.31 bits per heavy atom. The Kier molecular flexibility index (Phi) is 2.10. The minimum Gasteiger partial charge on any atom is -0.207 e. The molecule has 0 radical (unpaired) electrons. The first-order chi connectivity index (χ1) is 6.25. The third kappa shape index (κ3) is 1.75. The number of rotatable bonds is 1. The monoisotopic (exact) mass is 193 g/mol. The Balaban J connectivity index is 2.46. The van der Waals surface area contributed by atoms with Crippen LogP contribution in [0, 0.1) is 12.7 Å². The lowest BCUT2D eigenvalue weighted by Gasteiger charge is -1.94. The van der Waals surface area contributed by atoms with E-state index in [-0.39, 0.29) is 5.82 Å². The van der Waals surface area contributed by atoms with Crippen LogP contribution in [0.2, 0.25) is 0 Å². The summed E-state index contributed by atoms with van der Waals surface area (Å²) in [5.74, 6) is -0.205. The second-order valence-corrected chi connectivity index (χ2v) is 3.65. The molecule has 0 unspecified atom stereocenters. The number of aryl methyl sites for hydroxylation is 1. The van der Waals surface area contributed by atoms with E-state index in [0.29, 0.717) is 0 Å². The van der Waals surface area contributed by atoms with Crippen LogP contribution in [-0.2, 0) is 0 Å². The second kappa shape index (κ2) is 3.26. The zero-order chi connectivity index (χ0) is 9.26. The van der Waals surface area contributed by atoms with Crippen molar-refractivity contribution >= 4 is 11.5 Å². The molecule has 1 aromatic carbocycles. The van der Waals surface area contributed by atoms with Crippen LogP contribution < -0.4 is 0 Å². The minimum atomic E-state index is -0.205. The summed E-state index contributed by atoms with van der Waals surface area (Å²) in [6.07, 6.45) is 0. The summed E-state index contributed by atoms with van der Waals surface area (Å²) < 4.78 is 17.0. The predicted octanol–water partition coefficient (Wildman–Crippen LogP) is 3.26. The molecule has 0 atom stereocenters. The lowest BCUT2D eigenvalue weighted by atomic mass is 10.2. The number of halogens is 1. The fraction of sp³-hybridized carbons (Fsp3) is 0.100. The summed E-state index contributed by atoms with van der Waals surface area (Å²) in [5, 5.41) is 0. The van der Waals surface area contributed by atoms with Gasteiger partial charge in [0.05, 0.1) is 10.6 Å². The van der Waals surface area contributed by atoms with E-state index in [0.717, 1.165) is 16.1 Å². The first-order valence-corrected chi connectivity index (χ1v) is 4.72. The van der Waals surface area contributed by atoms with Crippen molar-refractivity contribution in [1.29, 1.82) is 0 Å². The Morgan fingerprint density at radius 3 is 2.77 bits per heavy atom. The fourth-order valence-electron chi connectivity index (χ4n) is 1.14. The normalized spacial score (nSPS) is 10.3. The lowest BCUT2D eigenvalue weighted by Crippen LogP contribution is -1.74. The maximum Gasteiger partial charge on any atom is 0.123 e. The first kappa shape index (κ1) is 8.38. The molecule has 2 rings (SSSR count). The maximum absolute atomic E-state index is 12.8. The third-order valence-corrected chi connectivity index (χ3v) is 2.67. The van der Waals surface area contributed by atoms with Crippen LogP contribution in [-0.4, -0.2) is 4.37 Å². The molecular formula is C10H8FNS. The largest absolute Gasteiger partial charge is 0.207 e. The smallest absolute Gasteiger partial charge is 0.123 e. The van der Waals surface area contributed by atoms with Crippen LogP contribution in [0.4, 0.5) is 4.39 Å². The summed E-state index contributed by atoms with van der Waals surface area (Å²) >= 11 is 1.39. The van der Waals surface area contributed by atoms with Gasteiger partial charge in [-0.15, -0.1) is 0 Å². The topological polar surface area (TPSA) is 12.9 Å². The van der Waals surface area contributed by atoms with E-state index in [1.54, 1.807) is 6.07 Å². The van der Waals surface area contributed by atoms with Crippen LogP contribution in [0.3, 0.4) is 0 Å². The highest BCUT2D eigenvalue weighted by Crippen LogP contribution is 2.24. The second-order valence-electron chi connectivity index (χ2n) is 2.84.